The van der Waals surface area contributed by atoms with Crippen molar-refractivity contribution < 1.29 is 4.42 Å². The second-order valence-corrected chi connectivity index (χ2v) is 5.32. The molecular weight excluding hydrogens is 226 g/mol. The zero-order valence-electron chi connectivity index (χ0n) is 10.7. The molecule has 1 heterocycles. The van der Waals surface area contributed by atoms with Crippen LogP contribution in [0.3, 0.4) is 0 Å². The Morgan fingerprint density at radius 2 is 2.28 bits per heavy atom. The number of fused-ring (bicyclic) bond motifs is 1. The Morgan fingerprint density at radius 1 is 1.44 bits per heavy atom. The number of rotatable bonds is 5. The molecule has 0 saturated heterocycles. The van der Waals surface area contributed by atoms with Crippen LogP contribution in [0.15, 0.2) is 22.6 Å². The van der Waals surface area contributed by atoms with Gasteiger partial charge in [-0.05, 0) is 43.5 Å². The van der Waals surface area contributed by atoms with Crippen molar-refractivity contribution in [2.24, 2.45) is 5.73 Å². The van der Waals surface area contributed by atoms with Crippen LogP contribution in [0, 0.1) is 6.92 Å². The van der Waals surface area contributed by atoms with E-state index in [1.54, 1.807) is 0 Å². The predicted molar refractivity (Wildman–Crippen MR) is 71.5 cm³/mol. The summed E-state index contributed by atoms with van der Waals surface area (Å²) in [6.07, 6.45) is 3.30. The molecule has 96 valence electrons. The first kappa shape index (κ1) is 11.7. The zero-order valence-corrected chi connectivity index (χ0v) is 10.7. The minimum Gasteiger partial charge on any atom is -0.441 e. The summed E-state index contributed by atoms with van der Waals surface area (Å²) in [5.74, 6) is 0.721. The molecule has 4 nitrogen and oxygen atoms in total. The Morgan fingerprint density at radius 3 is 3.06 bits per heavy atom. The molecule has 1 fully saturated rings. The van der Waals surface area contributed by atoms with Crippen LogP contribution in [0.5, 0.6) is 0 Å². The van der Waals surface area contributed by atoms with Crippen molar-refractivity contribution in [3.63, 3.8) is 0 Å². The van der Waals surface area contributed by atoms with Crippen molar-refractivity contribution in [1.29, 1.82) is 0 Å². The Labute approximate surface area is 107 Å². The van der Waals surface area contributed by atoms with E-state index in [4.69, 9.17) is 10.2 Å². The summed E-state index contributed by atoms with van der Waals surface area (Å²) in [5, 5.41) is 3.42. The molecule has 1 saturated carbocycles. The molecule has 0 bridgehead atoms. The van der Waals surface area contributed by atoms with Crippen LogP contribution < -0.4 is 11.1 Å². The lowest BCUT2D eigenvalue weighted by Crippen LogP contribution is -2.36. The van der Waals surface area contributed by atoms with Crippen molar-refractivity contribution in [3.8, 4) is 0 Å². The van der Waals surface area contributed by atoms with Gasteiger partial charge < -0.3 is 15.5 Å². The number of nitrogens with two attached hydrogens (primary N) is 1. The van der Waals surface area contributed by atoms with Gasteiger partial charge in [-0.15, -0.1) is 0 Å². The molecule has 0 amide bonds. The van der Waals surface area contributed by atoms with E-state index in [1.165, 1.54) is 5.56 Å². The first-order valence-corrected chi connectivity index (χ1v) is 6.50. The number of nitrogens with zero attached hydrogens (tertiary/aromatic N) is 1. The lowest BCUT2D eigenvalue weighted by atomic mass is 10.1. The van der Waals surface area contributed by atoms with E-state index in [0.29, 0.717) is 0 Å². The third kappa shape index (κ3) is 2.54. The summed E-state index contributed by atoms with van der Waals surface area (Å²) in [5.41, 5.74) is 9.19. The molecule has 18 heavy (non-hydrogen) atoms. The average Bonchev–Trinajstić information content (AvgIpc) is 2.94. The highest BCUT2D eigenvalue weighted by molar-refractivity contribution is 5.73. The summed E-state index contributed by atoms with van der Waals surface area (Å²) < 4.78 is 5.53. The van der Waals surface area contributed by atoms with Crippen LogP contribution in [0.25, 0.3) is 11.1 Å². The molecule has 4 heteroatoms. The third-order valence-electron chi connectivity index (χ3n) is 3.52. The van der Waals surface area contributed by atoms with E-state index < -0.39 is 0 Å². The van der Waals surface area contributed by atoms with E-state index in [0.717, 1.165) is 49.3 Å². The van der Waals surface area contributed by atoms with E-state index in [9.17, 15) is 0 Å². The molecule has 2 aromatic rings. The minimum absolute atomic E-state index is 0.0893. The van der Waals surface area contributed by atoms with Gasteiger partial charge >= 0.3 is 0 Å². The van der Waals surface area contributed by atoms with Gasteiger partial charge in [-0.1, -0.05) is 6.07 Å². The standard InChI is InChI=1S/C14H19N3O/c1-10-17-12-3-2-11(8-13(12)18-10)4-7-16-9-14(15)5-6-14/h2-3,8,16H,4-7,9,15H2,1H3. The molecule has 1 aromatic carbocycles. The first-order chi connectivity index (χ1) is 8.65. The number of aromatic nitrogens is 1. The van der Waals surface area contributed by atoms with E-state index in [2.05, 4.69) is 22.4 Å². The van der Waals surface area contributed by atoms with Crippen LogP contribution in [0.4, 0.5) is 0 Å². The van der Waals surface area contributed by atoms with Gasteiger partial charge in [0.05, 0.1) is 0 Å². The second-order valence-electron chi connectivity index (χ2n) is 5.32. The van der Waals surface area contributed by atoms with Gasteiger partial charge in [0.15, 0.2) is 11.5 Å². The lowest BCUT2D eigenvalue weighted by Gasteiger charge is -2.09. The number of hydrogen-bond donors (Lipinski definition) is 2. The van der Waals surface area contributed by atoms with Gasteiger partial charge in [-0.2, -0.15) is 0 Å². The summed E-state index contributed by atoms with van der Waals surface area (Å²) in [6, 6.07) is 6.21. The Balaban J connectivity index is 1.56. The van der Waals surface area contributed by atoms with Crippen LogP contribution in [0.1, 0.15) is 24.3 Å². The van der Waals surface area contributed by atoms with Crippen LogP contribution in [0.2, 0.25) is 0 Å². The Bertz CT molecular complexity index is 557. The van der Waals surface area contributed by atoms with Gasteiger partial charge in [0.2, 0.25) is 0 Å². The van der Waals surface area contributed by atoms with Crippen LogP contribution in [-0.2, 0) is 6.42 Å². The maximum atomic E-state index is 6.02. The first-order valence-electron chi connectivity index (χ1n) is 6.50. The number of hydrogen-bond acceptors (Lipinski definition) is 4. The van der Waals surface area contributed by atoms with Gasteiger partial charge in [0.1, 0.15) is 5.52 Å². The van der Waals surface area contributed by atoms with E-state index in [1.807, 2.05) is 13.0 Å². The summed E-state index contributed by atoms with van der Waals surface area (Å²) >= 11 is 0. The van der Waals surface area contributed by atoms with E-state index >= 15 is 0 Å². The highest BCUT2D eigenvalue weighted by Crippen LogP contribution is 2.30. The number of oxazole rings is 1. The minimum atomic E-state index is 0.0893. The Hall–Kier alpha value is -1.39. The van der Waals surface area contributed by atoms with Crippen molar-refractivity contribution in [2.75, 3.05) is 13.1 Å². The van der Waals surface area contributed by atoms with Crippen LogP contribution >= 0.6 is 0 Å². The molecule has 1 aromatic heterocycles. The molecule has 3 N–H and O–H groups in total. The molecular formula is C14H19N3O. The van der Waals surface area contributed by atoms with Crippen molar-refractivity contribution in [2.45, 2.75) is 31.7 Å². The fourth-order valence-electron chi connectivity index (χ4n) is 2.15. The second kappa shape index (κ2) is 4.37. The molecule has 0 aliphatic heterocycles. The van der Waals surface area contributed by atoms with Gasteiger partial charge in [-0.3, -0.25) is 0 Å². The van der Waals surface area contributed by atoms with Crippen molar-refractivity contribution >= 4 is 11.1 Å². The van der Waals surface area contributed by atoms with Gasteiger partial charge in [0.25, 0.3) is 0 Å². The Kier molecular flexibility index (Phi) is 2.84. The van der Waals surface area contributed by atoms with Gasteiger partial charge in [-0.25, -0.2) is 4.98 Å². The lowest BCUT2D eigenvalue weighted by molar-refractivity contribution is 0.559. The molecule has 0 radical (unpaired) electrons. The monoisotopic (exact) mass is 245 g/mol. The van der Waals surface area contributed by atoms with Gasteiger partial charge in [0, 0.05) is 19.0 Å². The molecule has 0 spiro atoms. The van der Waals surface area contributed by atoms with Crippen molar-refractivity contribution in [1.82, 2.24) is 10.3 Å². The molecule has 3 rings (SSSR count). The van der Waals surface area contributed by atoms with Crippen molar-refractivity contribution in [3.05, 3.63) is 29.7 Å². The molecule has 0 unspecified atom stereocenters. The number of nitrogens with one attached hydrogen (secondary N) is 1. The predicted octanol–water partition coefficient (Wildman–Crippen LogP) is 1.76. The highest BCUT2D eigenvalue weighted by Gasteiger charge is 2.37. The largest absolute Gasteiger partial charge is 0.441 e. The quantitative estimate of drug-likeness (QED) is 0.788. The number of aryl methyl sites for hydroxylation is 1. The maximum absolute atomic E-state index is 6.02. The normalized spacial score (nSPS) is 17.2. The summed E-state index contributed by atoms with van der Waals surface area (Å²) in [4.78, 5) is 4.29. The van der Waals surface area contributed by atoms with Crippen LogP contribution in [-0.4, -0.2) is 23.6 Å². The number of benzene rings is 1. The topological polar surface area (TPSA) is 64.1 Å². The molecule has 1 aliphatic rings. The SMILES string of the molecule is Cc1nc2ccc(CCNCC3(N)CC3)cc2o1. The highest BCUT2D eigenvalue weighted by atomic mass is 16.3. The molecule has 1 aliphatic carbocycles. The van der Waals surface area contributed by atoms with E-state index in [-0.39, 0.29) is 5.54 Å². The smallest absolute Gasteiger partial charge is 0.192 e. The molecule has 0 atom stereocenters. The third-order valence-corrected chi connectivity index (χ3v) is 3.52. The zero-order chi connectivity index (χ0) is 12.6. The summed E-state index contributed by atoms with van der Waals surface area (Å²) in [6.45, 7) is 3.76. The fourth-order valence-corrected chi connectivity index (χ4v) is 2.15. The average molecular weight is 245 g/mol. The fraction of sp³-hybridized carbons (Fsp3) is 0.500. The maximum Gasteiger partial charge on any atom is 0.192 e. The summed E-state index contributed by atoms with van der Waals surface area (Å²) in [7, 11) is 0.